The molecule has 0 bridgehead atoms. The number of methoxy groups -OCH3 is 1. The molecule has 3 heterocycles. The summed E-state index contributed by atoms with van der Waals surface area (Å²) in [6.07, 6.45) is 0. The third-order valence-electron chi connectivity index (χ3n) is 5.13. The minimum Gasteiger partial charge on any atom is -0.496 e. The zero-order valence-corrected chi connectivity index (χ0v) is 16.0. The number of ether oxygens (including phenoxy) is 1. The zero-order chi connectivity index (χ0) is 21.0. The number of carbonyl (C=O) groups is 1. The van der Waals surface area contributed by atoms with Crippen LogP contribution in [0.3, 0.4) is 0 Å². The van der Waals surface area contributed by atoms with Crippen LogP contribution in [-0.2, 0) is 0 Å². The minimum absolute atomic E-state index is 0.0552. The summed E-state index contributed by atoms with van der Waals surface area (Å²) in [5.41, 5.74) is 0.308. The van der Waals surface area contributed by atoms with Crippen LogP contribution in [0.2, 0.25) is 0 Å². The van der Waals surface area contributed by atoms with Crippen LogP contribution in [0.5, 0.6) is 5.75 Å². The minimum atomic E-state index is -0.878. The fourth-order valence-electron chi connectivity index (χ4n) is 3.83. The van der Waals surface area contributed by atoms with Crippen molar-refractivity contribution < 1.29 is 22.9 Å². The molecule has 0 spiro atoms. The maximum atomic E-state index is 13.8. The van der Waals surface area contributed by atoms with Gasteiger partial charge in [0.25, 0.3) is 5.91 Å². The van der Waals surface area contributed by atoms with Gasteiger partial charge >= 0.3 is 0 Å². The molecular formula is C22H15FN2O5. The number of rotatable bonds is 3. The largest absolute Gasteiger partial charge is 0.496 e. The highest BCUT2D eigenvalue weighted by atomic mass is 19.1. The smallest absolute Gasteiger partial charge is 0.296 e. The molecule has 0 unspecified atom stereocenters. The van der Waals surface area contributed by atoms with Crippen molar-refractivity contribution in [2.45, 2.75) is 13.0 Å². The average Bonchev–Trinajstić information content (AvgIpc) is 3.29. The van der Waals surface area contributed by atoms with E-state index in [2.05, 4.69) is 5.16 Å². The van der Waals surface area contributed by atoms with Gasteiger partial charge < -0.3 is 13.7 Å². The van der Waals surface area contributed by atoms with Crippen LogP contribution in [0.15, 0.2) is 62.3 Å². The van der Waals surface area contributed by atoms with E-state index in [-0.39, 0.29) is 28.1 Å². The second-order valence-electron chi connectivity index (χ2n) is 6.93. The van der Waals surface area contributed by atoms with Crippen LogP contribution in [0.4, 0.5) is 10.2 Å². The molecule has 0 aliphatic carbocycles. The summed E-state index contributed by atoms with van der Waals surface area (Å²) in [5, 5.41) is 4.02. The van der Waals surface area contributed by atoms with E-state index < -0.39 is 23.2 Å². The number of nitrogens with zero attached hydrogens (tertiary/aromatic N) is 2. The summed E-state index contributed by atoms with van der Waals surface area (Å²) in [6, 6.07) is 11.4. The molecule has 0 saturated heterocycles. The van der Waals surface area contributed by atoms with Gasteiger partial charge in [-0.05, 0) is 31.2 Å². The van der Waals surface area contributed by atoms with Gasteiger partial charge in [-0.1, -0.05) is 23.4 Å². The molecule has 30 heavy (non-hydrogen) atoms. The number of para-hydroxylation sites is 1. The lowest BCUT2D eigenvalue weighted by atomic mass is 9.97. The van der Waals surface area contributed by atoms with Gasteiger partial charge in [0.2, 0.25) is 5.76 Å². The molecule has 2 aromatic heterocycles. The van der Waals surface area contributed by atoms with Crippen LogP contribution < -0.4 is 15.1 Å². The summed E-state index contributed by atoms with van der Waals surface area (Å²) in [5.74, 6) is -0.0225. The van der Waals surface area contributed by atoms with Crippen molar-refractivity contribution in [2.75, 3.05) is 12.0 Å². The molecule has 0 fully saturated rings. The quantitative estimate of drug-likeness (QED) is 0.511. The SMILES string of the molecule is COc1ccccc1[C@H]1c2c(oc3ccc(F)cc3c2=O)C(=O)N1c1cc(C)on1. The first-order valence-corrected chi connectivity index (χ1v) is 9.15. The van der Waals surface area contributed by atoms with Gasteiger partial charge in [0.1, 0.15) is 29.0 Å². The van der Waals surface area contributed by atoms with Crippen molar-refractivity contribution >= 4 is 22.7 Å². The molecule has 0 radical (unpaired) electrons. The van der Waals surface area contributed by atoms with E-state index >= 15 is 0 Å². The van der Waals surface area contributed by atoms with Crippen LogP contribution in [0, 0.1) is 12.7 Å². The average molecular weight is 406 g/mol. The molecule has 5 rings (SSSR count). The van der Waals surface area contributed by atoms with Gasteiger partial charge in [0.05, 0.1) is 18.1 Å². The Bertz CT molecular complexity index is 1370. The van der Waals surface area contributed by atoms with E-state index in [1.807, 2.05) is 0 Å². The number of carbonyl (C=O) groups excluding carboxylic acids is 1. The number of hydrogen-bond donors (Lipinski definition) is 0. The number of benzene rings is 2. The van der Waals surface area contributed by atoms with Gasteiger partial charge in [-0.15, -0.1) is 0 Å². The van der Waals surface area contributed by atoms with E-state index in [0.717, 1.165) is 6.07 Å². The molecule has 150 valence electrons. The second-order valence-corrected chi connectivity index (χ2v) is 6.93. The van der Waals surface area contributed by atoms with Crippen molar-refractivity contribution in [3.8, 4) is 5.75 Å². The standard InChI is InChI=1S/C22H15FN2O5/c1-11-9-17(24-30-11)25-19(13-5-3-4-6-15(13)28-2)18-20(26)14-10-12(23)7-8-16(14)29-21(18)22(25)27/h3-10,19H,1-2H3/t19-/m0/s1. The Morgan fingerprint density at radius 3 is 2.67 bits per heavy atom. The van der Waals surface area contributed by atoms with Crippen molar-refractivity contribution in [1.29, 1.82) is 0 Å². The Labute approximate surface area is 169 Å². The van der Waals surface area contributed by atoms with Crippen LogP contribution in [-0.4, -0.2) is 18.2 Å². The fourth-order valence-corrected chi connectivity index (χ4v) is 3.83. The van der Waals surface area contributed by atoms with Crippen molar-refractivity contribution in [3.05, 3.63) is 87.2 Å². The Morgan fingerprint density at radius 1 is 1.13 bits per heavy atom. The third-order valence-corrected chi connectivity index (χ3v) is 5.13. The number of anilines is 1. The molecule has 1 aliphatic heterocycles. The Hall–Kier alpha value is -3.94. The van der Waals surface area contributed by atoms with Crippen LogP contribution >= 0.6 is 0 Å². The number of aromatic nitrogens is 1. The lowest BCUT2D eigenvalue weighted by Gasteiger charge is -2.23. The van der Waals surface area contributed by atoms with Crippen molar-refractivity contribution in [3.63, 3.8) is 0 Å². The number of aryl methyl sites for hydroxylation is 1. The molecule has 1 amide bonds. The van der Waals surface area contributed by atoms with E-state index in [0.29, 0.717) is 17.1 Å². The van der Waals surface area contributed by atoms with Gasteiger partial charge in [-0.3, -0.25) is 14.5 Å². The number of amides is 1. The van der Waals surface area contributed by atoms with E-state index in [9.17, 15) is 14.0 Å². The summed E-state index contributed by atoms with van der Waals surface area (Å²) in [6.45, 7) is 1.70. The first-order valence-electron chi connectivity index (χ1n) is 9.15. The maximum Gasteiger partial charge on any atom is 0.296 e. The number of hydrogen-bond acceptors (Lipinski definition) is 6. The summed E-state index contributed by atoms with van der Waals surface area (Å²) < 4.78 is 30.2. The van der Waals surface area contributed by atoms with Crippen molar-refractivity contribution in [1.82, 2.24) is 5.16 Å². The van der Waals surface area contributed by atoms with Crippen LogP contribution in [0.1, 0.15) is 33.5 Å². The fraction of sp³-hybridized carbons (Fsp3) is 0.136. The molecule has 7 nitrogen and oxygen atoms in total. The van der Waals surface area contributed by atoms with Gasteiger partial charge in [0.15, 0.2) is 11.2 Å². The molecule has 1 atom stereocenters. The van der Waals surface area contributed by atoms with Gasteiger partial charge in [-0.25, -0.2) is 4.39 Å². The van der Waals surface area contributed by atoms with E-state index in [4.69, 9.17) is 13.7 Å². The molecule has 0 saturated carbocycles. The Morgan fingerprint density at radius 2 is 1.93 bits per heavy atom. The van der Waals surface area contributed by atoms with Crippen molar-refractivity contribution in [2.24, 2.45) is 0 Å². The molecule has 4 aromatic rings. The van der Waals surface area contributed by atoms with Gasteiger partial charge in [-0.2, -0.15) is 0 Å². The Kier molecular flexibility index (Phi) is 3.95. The first-order chi connectivity index (χ1) is 14.5. The zero-order valence-electron chi connectivity index (χ0n) is 16.0. The second kappa shape index (κ2) is 6.55. The lowest BCUT2D eigenvalue weighted by Crippen LogP contribution is -2.30. The maximum absolute atomic E-state index is 13.8. The first kappa shape index (κ1) is 18.1. The van der Waals surface area contributed by atoms with E-state index in [1.165, 1.54) is 24.1 Å². The van der Waals surface area contributed by atoms with E-state index in [1.54, 1.807) is 37.3 Å². The highest BCUT2D eigenvalue weighted by molar-refractivity contribution is 6.10. The lowest BCUT2D eigenvalue weighted by molar-refractivity contribution is 0.0969. The molecule has 0 N–H and O–H groups in total. The molecular weight excluding hydrogens is 391 g/mol. The van der Waals surface area contributed by atoms with Gasteiger partial charge in [0, 0.05) is 11.6 Å². The van der Waals surface area contributed by atoms with Crippen LogP contribution in [0.25, 0.3) is 11.0 Å². The highest BCUT2D eigenvalue weighted by Crippen LogP contribution is 2.43. The summed E-state index contributed by atoms with van der Waals surface area (Å²) in [4.78, 5) is 28.1. The summed E-state index contributed by atoms with van der Waals surface area (Å²) >= 11 is 0. The Balaban J connectivity index is 1.86. The highest BCUT2D eigenvalue weighted by Gasteiger charge is 2.45. The normalized spacial score (nSPS) is 15.6. The molecule has 2 aromatic carbocycles. The predicted octanol–water partition coefficient (Wildman–Crippen LogP) is 3.99. The monoisotopic (exact) mass is 406 g/mol. The number of fused-ring (bicyclic) bond motifs is 2. The summed E-state index contributed by atoms with van der Waals surface area (Å²) in [7, 11) is 1.50. The molecule has 8 heteroatoms. The third kappa shape index (κ3) is 2.53. The topological polar surface area (TPSA) is 85.8 Å². The molecule has 1 aliphatic rings. The predicted molar refractivity (Wildman–Crippen MR) is 105 cm³/mol. The number of halogens is 1.